The van der Waals surface area contributed by atoms with Crippen molar-refractivity contribution in [2.45, 2.75) is 0 Å². The van der Waals surface area contributed by atoms with E-state index in [2.05, 4.69) is 206 Å². The molecule has 0 aliphatic heterocycles. The summed E-state index contributed by atoms with van der Waals surface area (Å²) < 4.78 is 2.69. The van der Waals surface area contributed by atoms with E-state index >= 15 is 0 Å². The molecule has 9 aromatic carbocycles. The Hall–Kier alpha value is -6.06. The predicted octanol–water partition coefficient (Wildman–Crippen LogP) is 11.1. The highest BCUT2D eigenvalue weighted by atomic mass is 32.1. The summed E-state index contributed by atoms with van der Waals surface area (Å²) >= 11 is 1.92. The van der Waals surface area contributed by atoms with Crippen LogP contribution in [0.2, 0.25) is 0 Å². The Labute approximate surface area is 308 Å². The van der Waals surface area contributed by atoms with E-state index in [1.54, 1.807) is 0 Å². The van der Waals surface area contributed by atoms with E-state index in [0.29, 0.717) is 0 Å². The van der Waals surface area contributed by atoms with Crippen LogP contribution in [0.15, 0.2) is 206 Å². The molecule has 10 rings (SSSR count). The molecule has 0 aliphatic rings. The molecule has 10 aromatic rings. The SMILES string of the molecule is c1ccc(-c2ccc3c(c2)sc2c4ccc(-c5ccc([Si](c6ccccc6)(c6ccccc6)c6ccccc6)cc5)cc4c4ccccc4c32)cc1. The van der Waals surface area contributed by atoms with Crippen molar-refractivity contribution in [3.8, 4) is 22.3 Å². The third kappa shape index (κ3) is 4.87. The lowest BCUT2D eigenvalue weighted by atomic mass is 9.94. The van der Waals surface area contributed by atoms with Crippen LogP contribution < -0.4 is 20.7 Å². The normalized spacial score (nSPS) is 11.8. The van der Waals surface area contributed by atoms with Gasteiger partial charge in [-0.2, -0.15) is 0 Å². The summed E-state index contributed by atoms with van der Waals surface area (Å²) in [5, 5.41) is 13.5. The first-order valence-electron chi connectivity index (χ1n) is 17.9. The Bertz CT molecular complexity index is 2760. The van der Waals surface area contributed by atoms with Gasteiger partial charge in [0.1, 0.15) is 0 Å². The van der Waals surface area contributed by atoms with Crippen molar-refractivity contribution in [3.05, 3.63) is 206 Å². The van der Waals surface area contributed by atoms with Crippen molar-refractivity contribution in [2.24, 2.45) is 0 Å². The number of hydrogen-bond acceptors (Lipinski definition) is 1. The number of rotatable bonds is 6. The fraction of sp³-hybridized carbons (Fsp3) is 0. The van der Waals surface area contributed by atoms with Crippen LogP contribution in [0.3, 0.4) is 0 Å². The summed E-state index contributed by atoms with van der Waals surface area (Å²) in [6.45, 7) is 0. The molecule has 0 aliphatic carbocycles. The molecule has 0 radical (unpaired) electrons. The minimum atomic E-state index is -2.58. The smallest absolute Gasteiger partial charge is 0.134 e. The quantitative estimate of drug-likeness (QED) is 0.0923. The lowest BCUT2D eigenvalue weighted by Gasteiger charge is -2.34. The molecule has 0 atom stereocenters. The lowest BCUT2D eigenvalue weighted by Crippen LogP contribution is -2.74. The van der Waals surface area contributed by atoms with Gasteiger partial charge in [0.05, 0.1) is 0 Å². The number of hydrogen-bond donors (Lipinski definition) is 0. The summed E-state index contributed by atoms with van der Waals surface area (Å²) in [5.74, 6) is 0. The topological polar surface area (TPSA) is 0 Å². The largest absolute Gasteiger partial charge is 0.179 e. The van der Waals surface area contributed by atoms with Gasteiger partial charge >= 0.3 is 0 Å². The molecule has 0 amide bonds. The van der Waals surface area contributed by atoms with Crippen LogP contribution in [-0.2, 0) is 0 Å². The molecule has 0 unspecified atom stereocenters. The molecule has 1 aromatic heterocycles. The average Bonchev–Trinajstić information content (AvgIpc) is 3.62. The summed E-state index contributed by atoms with van der Waals surface area (Å²) in [6, 6.07) is 76.7. The van der Waals surface area contributed by atoms with E-state index in [4.69, 9.17) is 0 Å². The molecule has 0 saturated carbocycles. The maximum atomic E-state index is 2.42. The summed E-state index contributed by atoms with van der Waals surface area (Å²) in [7, 11) is -2.58. The van der Waals surface area contributed by atoms with Crippen LogP contribution in [0, 0.1) is 0 Å². The van der Waals surface area contributed by atoms with Crippen LogP contribution in [0.1, 0.15) is 0 Å². The van der Waals surface area contributed by atoms with Gasteiger partial charge in [-0.3, -0.25) is 0 Å². The van der Waals surface area contributed by atoms with Crippen LogP contribution in [0.25, 0.3) is 64.0 Å². The highest BCUT2D eigenvalue weighted by Gasteiger charge is 2.41. The highest BCUT2D eigenvalue weighted by Crippen LogP contribution is 2.45. The lowest BCUT2D eigenvalue weighted by molar-refractivity contribution is 1.64. The van der Waals surface area contributed by atoms with Gasteiger partial charge in [0.15, 0.2) is 8.07 Å². The second-order valence-electron chi connectivity index (χ2n) is 13.6. The van der Waals surface area contributed by atoms with Crippen molar-refractivity contribution in [1.29, 1.82) is 0 Å². The first kappa shape index (κ1) is 30.7. The van der Waals surface area contributed by atoms with Crippen molar-refractivity contribution in [3.63, 3.8) is 0 Å². The van der Waals surface area contributed by atoms with Gasteiger partial charge in [-0.15, -0.1) is 11.3 Å². The molecule has 1 heterocycles. The van der Waals surface area contributed by atoms with Crippen molar-refractivity contribution < 1.29 is 0 Å². The summed E-state index contributed by atoms with van der Waals surface area (Å²) in [5.41, 5.74) is 4.99. The second-order valence-corrected chi connectivity index (χ2v) is 18.5. The van der Waals surface area contributed by atoms with Crippen molar-refractivity contribution >= 4 is 81.9 Å². The van der Waals surface area contributed by atoms with Gasteiger partial charge in [0.2, 0.25) is 0 Å². The third-order valence-corrected chi connectivity index (χ3v) is 16.8. The van der Waals surface area contributed by atoms with E-state index in [-0.39, 0.29) is 0 Å². The van der Waals surface area contributed by atoms with Gasteiger partial charge in [0, 0.05) is 25.6 Å². The number of fused-ring (bicyclic) bond motifs is 8. The first-order chi connectivity index (χ1) is 25.8. The molecule has 0 fully saturated rings. The zero-order chi connectivity index (χ0) is 34.5. The van der Waals surface area contributed by atoms with Crippen LogP contribution >= 0.6 is 11.3 Å². The van der Waals surface area contributed by atoms with E-state index in [0.717, 1.165) is 0 Å². The standard InChI is InChI=1S/C50H34SSi/c1-5-15-35(16-6-1)38-28-32-46-48(34-38)51-50-45-31-27-37(33-47(45)43-23-13-14-24-44(43)49(46)50)36-25-29-42(30-26-36)52(39-17-7-2-8-18-39,40-19-9-3-10-20-40)41-21-11-4-12-22-41/h1-34H. The van der Waals surface area contributed by atoms with Gasteiger partial charge in [-0.05, 0) is 71.3 Å². The van der Waals surface area contributed by atoms with Gasteiger partial charge in [0.25, 0.3) is 0 Å². The Balaban J connectivity index is 1.14. The fourth-order valence-electron chi connectivity index (χ4n) is 8.42. The van der Waals surface area contributed by atoms with Crippen molar-refractivity contribution in [1.82, 2.24) is 0 Å². The zero-order valence-corrected chi connectivity index (χ0v) is 30.4. The molecule has 2 heteroatoms. The second kappa shape index (κ2) is 12.6. The van der Waals surface area contributed by atoms with Crippen LogP contribution in [-0.4, -0.2) is 8.07 Å². The number of benzene rings is 9. The molecule has 0 nitrogen and oxygen atoms in total. The van der Waals surface area contributed by atoms with E-state index in [1.165, 1.54) is 84.7 Å². The van der Waals surface area contributed by atoms with Gasteiger partial charge < -0.3 is 0 Å². The van der Waals surface area contributed by atoms with E-state index < -0.39 is 8.07 Å². The Morgan fingerprint density at radius 1 is 0.288 bits per heavy atom. The summed E-state index contributed by atoms with van der Waals surface area (Å²) in [6.07, 6.45) is 0. The number of thiophene rings is 1. The molecule has 0 saturated heterocycles. The molecule has 0 bridgehead atoms. The zero-order valence-electron chi connectivity index (χ0n) is 28.5. The molecular weight excluding hydrogens is 661 g/mol. The van der Waals surface area contributed by atoms with Gasteiger partial charge in [-0.1, -0.05) is 194 Å². The molecule has 0 N–H and O–H groups in total. The minimum Gasteiger partial charge on any atom is -0.134 e. The molecule has 0 spiro atoms. The molecule has 244 valence electrons. The Morgan fingerprint density at radius 3 is 1.33 bits per heavy atom. The maximum Gasteiger partial charge on any atom is 0.179 e. The van der Waals surface area contributed by atoms with Gasteiger partial charge in [-0.25, -0.2) is 0 Å². The first-order valence-corrected chi connectivity index (χ1v) is 20.7. The maximum absolute atomic E-state index is 2.58. The predicted molar refractivity (Wildman–Crippen MR) is 229 cm³/mol. The molecular formula is C50H34SSi. The van der Waals surface area contributed by atoms with Crippen molar-refractivity contribution in [2.75, 3.05) is 0 Å². The van der Waals surface area contributed by atoms with E-state index in [9.17, 15) is 0 Å². The Morgan fingerprint density at radius 2 is 0.731 bits per heavy atom. The fourth-order valence-corrected chi connectivity index (χ4v) is 14.5. The van der Waals surface area contributed by atoms with Crippen LogP contribution in [0.5, 0.6) is 0 Å². The average molecular weight is 695 g/mol. The highest BCUT2D eigenvalue weighted by molar-refractivity contribution is 7.27. The van der Waals surface area contributed by atoms with E-state index in [1.807, 2.05) is 11.3 Å². The molecule has 52 heavy (non-hydrogen) atoms. The summed E-state index contributed by atoms with van der Waals surface area (Å²) in [4.78, 5) is 0. The Kier molecular flexibility index (Phi) is 7.45. The van der Waals surface area contributed by atoms with Crippen LogP contribution in [0.4, 0.5) is 0 Å². The minimum absolute atomic E-state index is 1.23. The monoisotopic (exact) mass is 694 g/mol. The third-order valence-electron chi connectivity index (χ3n) is 10.8.